The number of carbonyl (C=O) groups is 1. The lowest BCUT2D eigenvalue weighted by atomic mass is 10.1. The van der Waals surface area contributed by atoms with Crippen molar-refractivity contribution in [3.8, 4) is 0 Å². The van der Waals surface area contributed by atoms with Crippen LogP contribution in [-0.2, 0) is 0 Å². The van der Waals surface area contributed by atoms with Gasteiger partial charge in [0.05, 0.1) is 6.10 Å². The van der Waals surface area contributed by atoms with Crippen molar-refractivity contribution in [3.05, 3.63) is 18.0 Å². The van der Waals surface area contributed by atoms with Crippen LogP contribution in [0.4, 0.5) is 5.95 Å². The molecule has 3 rings (SSSR count). The molecule has 2 unspecified atom stereocenters. The van der Waals surface area contributed by atoms with Crippen LogP contribution in [0.15, 0.2) is 12.3 Å². The number of β-amino-alcohol motifs (C(OH)–C–C–N with tert-alkyl or cyclic N) is 1. The molecule has 2 aliphatic rings. The standard InChI is InChI=1S/C14H21N5O2/c20-12-9-15-7-10(12)8-17-13(21)11-3-4-16-14(18-11)19-5-1-2-6-19/h3-4,10,12,15,20H,1-2,5-9H2,(H,17,21). The Hall–Kier alpha value is -1.73. The zero-order valence-electron chi connectivity index (χ0n) is 12.0. The number of nitrogens with one attached hydrogen (secondary N) is 2. The molecule has 3 heterocycles. The van der Waals surface area contributed by atoms with E-state index in [0.29, 0.717) is 24.7 Å². The molecule has 2 saturated heterocycles. The molecule has 7 nitrogen and oxygen atoms in total. The van der Waals surface area contributed by atoms with Crippen LogP contribution in [0.5, 0.6) is 0 Å². The van der Waals surface area contributed by atoms with Gasteiger partial charge >= 0.3 is 0 Å². The number of hydrogen-bond acceptors (Lipinski definition) is 6. The maximum absolute atomic E-state index is 12.2. The lowest BCUT2D eigenvalue weighted by molar-refractivity contribution is 0.0922. The molecule has 2 fully saturated rings. The van der Waals surface area contributed by atoms with Gasteiger partial charge in [0.25, 0.3) is 5.91 Å². The van der Waals surface area contributed by atoms with E-state index in [-0.39, 0.29) is 11.8 Å². The number of anilines is 1. The largest absolute Gasteiger partial charge is 0.391 e. The number of carbonyl (C=O) groups excluding carboxylic acids is 1. The summed E-state index contributed by atoms with van der Waals surface area (Å²) in [4.78, 5) is 22.8. The van der Waals surface area contributed by atoms with Gasteiger partial charge in [0.2, 0.25) is 5.95 Å². The zero-order valence-corrected chi connectivity index (χ0v) is 12.0. The Balaban J connectivity index is 1.60. The van der Waals surface area contributed by atoms with Crippen LogP contribution in [0.2, 0.25) is 0 Å². The van der Waals surface area contributed by atoms with E-state index in [0.717, 1.165) is 32.5 Å². The molecule has 0 spiro atoms. The van der Waals surface area contributed by atoms with Gasteiger partial charge in [-0.3, -0.25) is 4.79 Å². The fraction of sp³-hybridized carbons (Fsp3) is 0.643. The summed E-state index contributed by atoms with van der Waals surface area (Å²) in [6, 6.07) is 1.62. The summed E-state index contributed by atoms with van der Waals surface area (Å²) in [5, 5.41) is 15.7. The Morgan fingerprint density at radius 3 is 2.95 bits per heavy atom. The fourth-order valence-corrected chi connectivity index (χ4v) is 2.79. The van der Waals surface area contributed by atoms with Gasteiger partial charge in [-0.25, -0.2) is 9.97 Å². The van der Waals surface area contributed by atoms with Crippen LogP contribution < -0.4 is 15.5 Å². The van der Waals surface area contributed by atoms with Crippen molar-refractivity contribution in [3.63, 3.8) is 0 Å². The molecule has 7 heteroatoms. The van der Waals surface area contributed by atoms with Crippen molar-refractivity contribution < 1.29 is 9.90 Å². The van der Waals surface area contributed by atoms with E-state index in [2.05, 4.69) is 25.5 Å². The van der Waals surface area contributed by atoms with Gasteiger partial charge in [-0.05, 0) is 18.9 Å². The van der Waals surface area contributed by atoms with Gasteiger partial charge < -0.3 is 20.6 Å². The number of rotatable bonds is 4. The van der Waals surface area contributed by atoms with Crippen LogP contribution in [-0.4, -0.2) is 59.8 Å². The third-order valence-corrected chi connectivity index (χ3v) is 4.09. The van der Waals surface area contributed by atoms with Crippen molar-refractivity contribution in [1.82, 2.24) is 20.6 Å². The Labute approximate surface area is 123 Å². The Kier molecular flexibility index (Phi) is 4.31. The number of amides is 1. The third-order valence-electron chi connectivity index (χ3n) is 4.09. The minimum absolute atomic E-state index is 0.0637. The molecule has 2 aliphatic heterocycles. The monoisotopic (exact) mass is 291 g/mol. The molecule has 114 valence electrons. The second-order valence-corrected chi connectivity index (χ2v) is 5.63. The van der Waals surface area contributed by atoms with Crippen molar-refractivity contribution in [2.45, 2.75) is 18.9 Å². The van der Waals surface area contributed by atoms with Crippen molar-refractivity contribution in [1.29, 1.82) is 0 Å². The summed E-state index contributed by atoms with van der Waals surface area (Å²) in [5.74, 6) is 0.480. The summed E-state index contributed by atoms with van der Waals surface area (Å²) in [6.07, 6.45) is 3.52. The molecular formula is C14H21N5O2. The number of aliphatic hydroxyl groups excluding tert-OH is 1. The predicted molar refractivity (Wildman–Crippen MR) is 78.2 cm³/mol. The molecule has 1 amide bonds. The minimum atomic E-state index is -0.393. The lowest BCUT2D eigenvalue weighted by Crippen LogP contribution is -2.35. The summed E-state index contributed by atoms with van der Waals surface area (Å²) >= 11 is 0. The first kappa shape index (κ1) is 14.2. The Morgan fingerprint density at radius 2 is 2.24 bits per heavy atom. The molecule has 0 saturated carbocycles. The first-order valence-corrected chi connectivity index (χ1v) is 7.49. The smallest absolute Gasteiger partial charge is 0.270 e. The molecule has 0 aromatic carbocycles. The van der Waals surface area contributed by atoms with Gasteiger partial charge in [-0.1, -0.05) is 0 Å². The third kappa shape index (κ3) is 3.30. The molecule has 0 bridgehead atoms. The zero-order chi connectivity index (χ0) is 14.7. The molecular weight excluding hydrogens is 270 g/mol. The molecule has 2 atom stereocenters. The lowest BCUT2D eigenvalue weighted by Gasteiger charge is -2.16. The van der Waals surface area contributed by atoms with Crippen LogP contribution in [0.25, 0.3) is 0 Å². The van der Waals surface area contributed by atoms with Gasteiger partial charge in [0.1, 0.15) is 5.69 Å². The highest BCUT2D eigenvalue weighted by molar-refractivity contribution is 5.92. The summed E-state index contributed by atoms with van der Waals surface area (Å²) in [6.45, 7) is 3.67. The molecule has 21 heavy (non-hydrogen) atoms. The summed E-state index contributed by atoms with van der Waals surface area (Å²) < 4.78 is 0. The highest BCUT2D eigenvalue weighted by atomic mass is 16.3. The van der Waals surface area contributed by atoms with Crippen molar-refractivity contribution in [2.75, 3.05) is 37.6 Å². The van der Waals surface area contributed by atoms with E-state index >= 15 is 0 Å². The maximum Gasteiger partial charge on any atom is 0.270 e. The van der Waals surface area contributed by atoms with Crippen LogP contribution in [0, 0.1) is 5.92 Å². The molecule has 3 N–H and O–H groups in total. The van der Waals surface area contributed by atoms with E-state index in [1.807, 2.05) is 0 Å². The predicted octanol–water partition coefficient (Wildman–Crippen LogP) is -0.613. The van der Waals surface area contributed by atoms with Gasteiger partial charge in [-0.2, -0.15) is 0 Å². The van der Waals surface area contributed by atoms with E-state index in [4.69, 9.17) is 0 Å². The number of nitrogens with zero attached hydrogens (tertiary/aromatic N) is 3. The van der Waals surface area contributed by atoms with Gasteiger partial charge in [0, 0.05) is 44.8 Å². The number of hydrogen-bond donors (Lipinski definition) is 3. The molecule has 0 radical (unpaired) electrons. The SMILES string of the molecule is O=C(NCC1CNCC1O)c1ccnc(N2CCCC2)n1. The first-order chi connectivity index (χ1) is 10.2. The second-order valence-electron chi connectivity index (χ2n) is 5.63. The molecule has 1 aromatic heterocycles. The normalized spacial score (nSPS) is 25.3. The van der Waals surface area contributed by atoms with Crippen molar-refractivity contribution >= 4 is 11.9 Å². The summed E-state index contributed by atoms with van der Waals surface area (Å²) in [7, 11) is 0. The van der Waals surface area contributed by atoms with E-state index in [9.17, 15) is 9.90 Å². The highest BCUT2D eigenvalue weighted by Crippen LogP contribution is 2.15. The number of aromatic nitrogens is 2. The Morgan fingerprint density at radius 1 is 1.43 bits per heavy atom. The summed E-state index contributed by atoms with van der Waals surface area (Å²) in [5.41, 5.74) is 0.382. The molecule has 1 aromatic rings. The minimum Gasteiger partial charge on any atom is -0.391 e. The highest BCUT2D eigenvalue weighted by Gasteiger charge is 2.25. The Bertz CT molecular complexity index is 504. The van der Waals surface area contributed by atoms with E-state index in [1.54, 1.807) is 12.3 Å². The van der Waals surface area contributed by atoms with Crippen molar-refractivity contribution in [2.24, 2.45) is 5.92 Å². The van der Waals surface area contributed by atoms with E-state index in [1.165, 1.54) is 0 Å². The molecule has 0 aliphatic carbocycles. The van der Waals surface area contributed by atoms with Gasteiger partial charge in [0.15, 0.2) is 0 Å². The fourth-order valence-electron chi connectivity index (χ4n) is 2.79. The van der Waals surface area contributed by atoms with Crippen LogP contribution in [0.3, 0.4) is 0 Å². The second kappa shape index (κ2) is 6.36. The van der Waals surface area contributed by atoms with Gasteiger partial charge in [-0.15, -0.1) is 0 Å². The van der Waals surface area contributed by atoms with Crippen LogP contribution >= 0.6 is 0 Å². The average Bonchev–Trinajstić information content (AvgIpc) is 3.16. The number of aliphatic hydroxyl groups is 1. The average molecular weight is 291 g/mol. The maximum atomic E-state index is 12.2. The van der Waals surface area contributed by atoms with Crippen LogP contribution in [0.1, 0.15) is 23.3 Å². The topological polar surface area (TPSA) is 90.4 Å². The first-order valence-electron chi connectivity index (χ1n) is 7.49. The van der Waals surface area contributed by atoms with E-state index < -0.39 is 6.10 Å². The quantitative estimate of drug-likeness (QED) is 0.685.